The van der Waals surface area contributed by atoms with Gasteiger partial charge in [-0.05, 0) is 24.3 Å². The predicted octanol–water partition coefficient (Wildman–Crippen LogP) is 3.82. The van der Waals surface area contributed by atoms with Gasteiger partial charge in [0, 0.05) is 36.0 Å². The lowest BCUT2D eigenvalue weighted by molar-refractivity contribution is 0.391. The third kappa shape index (κ3) is 3.97. The number of rotatable bonds is 6. The molecule has 0 spiro atoms. The van der Waals surface area contributed by atoms with Gasteiger partial charge in [0.25, 0.3) is 0 Å². The zero-order chi connectivity index (χ0) is 17.6. The van der Waals surface area contributed by atoms with E-state index in [1.54, 1.807) is 20.4 Å². The molecule has 0 aliphatic carbocycles. The van der Waals surface area contributed by atoms with E-state index < -0.39 is 0 Å². The average molecular weight is 357 g/mol. The molecule has 25 heavy (non-hydrogen) atoms. The van der Waals surface area contributed by atoms with Crippen molar-refractivity contribution in [2.75, 3.05) is 19.5 Å². The van der Waals surface area contributed by atoms with Gasteiger partial charge in [-0.1, -0.05) is 11.6 Å². The number of pyridine rings is 1. The van der Waals surface area contributed by atoms with E-state index in [-0.39, 0.29) is 0 Å². The Bertz CT molecular complexity index is 873. The molecular weight excluding hydrogens is 340 g/mol. The van der Waals surface area contributed by atoms with Crippen molar-refractivity contribution >= 4 is 17.4 Å². The predicted molar refractivity (Wildman–Crippen MR) is 97.1 cm³/mol. The van der Waals surface area contributed by atoms with Crippen LogP contribution in [0, 0.1) is 0 Å². The number of nitrogens with one attached hydrogen (secondary N) is 1. The van der Waals surface area contributed by atoms with Crippen LogP contribution in [-0.4, -0.2) is 29.2 Å². The number of benzene rings is 1. The number of anilines is 1. The Balaban J connectivity index is 1.79. The highest BCUT2D eigenvalue weighted by molar-refractivity contribution is 6.32. The van der Waals surface area contributed by atoms with Crippen molar-refractivity contribution in [3.8, 4) is 22.8 Å². The van der Waals surface area contributed by atoms with Gasteiger partial charge in [-0.2, -0.15) is 0 Å². The zero-order valence-corrected chi connectivity index (χ0v) is 14.6. The monoisotopic (exact) mass is 356 g/mol. The number of methoxy groups -OCH3 is 2. The largest absolute Gasteiger partial charge is 0.497 e. The summed E-state index contributed by atoms with van der Waals surface area (Å²) in [6.45, 7) is 0.546. The van der Waals surface area contributed by atoms with Crippen molar-refractivity contribution < 1.29 is 9.47 Å². The SMILES string of the molecule is COc1ccc(CNc2cc(-c3cccnc3Cl)ncn2)c(OC)c1. The molecule has 1 aromatic carbocycles. The second-order valence-corrected chi connectivity index (χ2v) is 5.52. The third-order valence-corrected chi connectivity index (χ3v) is 3.96. The van der Waals surface area contributed by atoms with E-state index in [1.807, 2.05) is 36.4 Å². The van der Waals surface area contributed by atoms with Crippen molar-refractivity contribution in [2.45, 2.75) is 6.54 Å². The van der Waals surface area contributed by atoms with E-state index in [0.29, 0.717) is 23.2 Å². The van der Waals surface area contributed by atoms with Crippen molar-refractivity contribution in [1.29, 1.82) is 0 Å². The van der Waals surface area contributed by atoms with Crippen LogP contribution in [0.1, 0.15) is 5.56 Å². The van der Waals surface area contributed by atoms with Crippen molar-refractivity contribution in [1.82, 2.24) is 15.0 Å². The van der Waals surface area contributed by atoms with Crippen LogP contribution >= 0.6 is 11.6 Å². The normalized spacial score (nSPS) is 10.4. The van der Waals surface area contributed by atoms with Crippen LogP contribution in [0.2, 0.25) is 5.15 Å². The van der Waals surface area contributed by atoms with E-state index >= 15 is 0 Å². The molecule has 6 nitrogen and oxygen atoms in total. The molecule has 0 unspecified atom stereocenters. The first-order valence-electron chi connectivity index (χ1n) is 7.59. The highest BCUT2D eigenvalue weighted by Gasteiger charge is 2.08. The van der Waals surface area contributed by atoms with Crippen LogP contribution < -0.4 is 14.8 Å². The second kappa shape index (κ2) is 7.81. The molecule has 0 saturated carbocycles. The fourth-order valence-corrected chi connectivity index (χ4v) is 2.58. The number of ether oxygens (including phenoxy) is 2. The molecule has 2 heterocycles. The third-order valence-electron chi connectivity index (χ3n) is 3.66. The Labute approximate surface area is 150 Å². The van der Waals surface area contributed by atoms with Gasteiger partial charge in [-0.15, -0.1) is 0 Å². The second-order valence-electron chi connectivity index (χ2n) is 5.16. The van der Waals surface area contributed by atoms with Gasteiger partial charge in [0.2, 0.25) is 0 Å². The summed E-state index contributed by atoms with van der Waals surface area (Å²) in [4.78, 5) is 12.6. The highest BCUT2D eigenvalue weighted by Crippen LogP contribution is 2.27. The quantitative estimate of drug-likeness (QED) is 0.677. The molecule has 1 N–H and O–H groups in total. The summed E-state index contributed by atoms with van der Waals surface area (Å²) in [5.41, 5.74) is 2.46. The fraction of sp³-hybridized carbons (Fsp3) is 0.167. The van der Waals surface area contributed by atoms with Crippen LogP contribution in [0.15, 0.2) is 48.9 Å². The minimum atomic E-state index is 0.406. The summed E-state index contributed by atoms with van der Waals surface area (Å²) in [7, 11) is 3.25. The van der Waals surface area contributed by atoms with Crippen molar-refractivity contribution in [3.63, 3.8) is 0 Å². The summed E-state index contributed by atoms with van der Waals surface area (Å²) in [5.74, 6) is 2.18. The van der Waals surface area contributed by atoms with Gasteiger partial charge in [0.1, 0.15) is 28.8 Å². The first-order valence-corrected chi connectivity index (χ1v) is 7.96. The molecule has 128 valence electrons. The molecule has 0 aliphatic rings. The summed E-state index contributed by atoms with van der Waals surface area (Å²) >= 11 is 6.13. The van der Waals surface area contributed by atoms with Crippen molar-refractivity contribution in [3.05, 3.63) is 59.6 Å². The number of aromatic nitrogens is 3. The molecule has 3 rings (SSSR count). The van der Waals surface area contributed by atoms with Gasteiger partial charge in [-0.25, -0.2) is 15.0 Å². The molecule has 0 atom stereocenters. The molecule has 0 radical (unpaired) electrons. The minimum Gasteiger partial charge on any atom is -0.497 e. The Morgan fingerprint density at radius 2 is 1.92 bits per heavy atom. The van der Waals surface area contributed by atoms with Crippen molar-refractivity contribution in [2.24, 2.45) is 0 Å². The molecule has 0 amide bonds. The molecule has 2 aromatic heterocycles. The molecular formula is C18H17ClN4O2. The average Bonchev–Trinajstić information content (AvgIpc) is 2.66. The Kier molecular flexibility index (Phi) is 5.30. The first kappa shape index (κ1) is 17.0. The van der Waals surface area contributed by atoms with Gasteiger partial charge in [-0.3, -0.25) is 0 Å². The standard InChI is InChI=1S/C18H17ClN4O2/c1-24-13-6-5-12(16(8-13)25-2)10-21-17-9-15(22-11-23-17)14-4-3-7-20-18(14)19/h3-9,11H,10H2,1-2H3,(H,21,22,23). The molecule has 0 saturated heterocycles. The van der Waals surface area contributed by atoms with E-state index in [0.717, 1.165) is 22.6 Å². The van der Waals surface area contributed by atoms with Crippen LogP contribution in [-0.2, 0) is 6.54 Å². The van der Waals surface area contributed by atoms with E-state index in [9.17, 15) is 0 Å². The number of halogens is 1. The Morgan fingerprint density at radius 3 is 2.68 bits per heavy atom. The van der Waals surface area contributed by atoms with Crippen LogP contribution in [0.25, 0.3) is 11.3 Å². The lowest BCUT2D eigenvalue weighted by atomic mass is 10.2. The topological polar surface area (TPSA) is 69.2 Å². The van der Waals surface area contributed by atoms with Gasteiger partial charge in [0.05, 0.1) is 19.9 Å². The first-order chi connectivity index (χ1) is 12.2. The Hall–Kier alpha value is -2.86. The molecule has 7 heteroatoms. The minimum absolute atomic E-state index is 0.406. The van der Waals surface area contributed by atoms with E-state index in [4.69, 9.17) is 21.1 Å². The van der Waals surface area contributed by atoms with E-state index in [1.165, 1.54) is 6.33 Å². The maximum absolute atomic E-state index is 6.13. The summed E-state index contributed by atoms with van der Waals surface area (Å²) in [6.07, 6.45) is 3.13. The molecule has 0 bridgehead atoms. The highest BCUT2D eigenvalue weighted by atomic mass is 35.5. The number of hydrogen-bond acceptors (Lipinski definition) is 6. The number of nitrogens with zero attached hydrogens (tertiary/aromatic N) is 3. The molecule has 0 fully saturated rings. The van der Waals surface area contributed by atoms with Gasteiger partial charge < -0.3 is 14.8 Å². The lowest BCUT2D eigenvalue weighted by Gasteiger charge is -2.12. The smallest absolute Gasteiger partial charge is 0.138 e. The zero-order valence-electron chi connectivity index (χ0n) is 13.9. The Morgan fingerprint density at radius 1 is 1.04 bits per heavy atom. The van der Waals surface area contributed by atoms with Gasteiger partial charge >= 0.3 is 0 Å². The number of hydrogen-bond donors (Lipinski definition) is 1. The summed E-state index contributed by atoms with van der Waals surface area (Å²) in [6, 6.07) is 11.2. The summed E-state index contributed by atoms with van der Waals surface area (Å²) < 4.78 is 10.6. The fourth-order valence-electron chi connectivity index (χ4n) is 2.36. The molecule has 0 aliphatic heterocycles. The maximum Gasteiger partial charge on any atom is 0.138 e. The van der Waals surface area contributed by atoms with Gasteiger partial charge in [0.15, 0.2) is 0 Å². The van der Waals surface area contributed by atoms with Crippen LogP contribution in [0.3, 0.4) is 0 Å². The maximum atomic E-state index is 6.13. The van der Waals surface area contributed by atoms with E-state index in [2.05, 4.69) is 20.3 Å². The van der Waals surface area contributed by atoms with Crippen LogP contribution in [0.5, 0.6) is 11.5 Å². The van der Waals surface area contributed by atoms with Crippen LogP contribution in [0.4, 0.5) is 5.82 Å². The lowest BCUT2D eigenvalue weighted by Crippen LogP contribution is -2.04. The summed E-state index contributed by atoms with van der Waals surface area (Å²) in [5, 5.41) is 3.67. The molecule has 3 aromatic rings.